The van der Waals surface area contributed by atoms with Gasteiger partial charge in [0.1, 0.15) is 0 Å². The summed E-state index contributed by atoms with van der Waals surface area (Å²) in [4.78, 5) is 20.7. The van der Waals surface area contributed by atoms with E-state index in [-0.39, 0.29) is 5.91 Å². The molecule has 1 heterocycles. The third kappa shape index (κ3) is 3.84. The lowest BCUT2D eigenvalue weighted by molar-refractivity contribution is 0.102. The van der Waals surface area contributed by atoms with Gasteiger partial charge in [0.15, 0.2) is 0 Å². The Labute approximate surface area is 151 Å². The molecule has 0 bridgehead atoms. The number of carbonyl (C=O) groups excluding carboxylic acids is 1. The lowest BCUT2D eigenvalue weighted by atomic mass is 10.1. The van der Waals surface area contributed by atoms with Crippen LogP contribution in [0.25, 0.3) is 0 Å². The normalized spacial score (nSPS) is 10.0. The largest absolute Gasteiger partial charge is 0.324 e. The van der Waals surface area contributed by atoms with Crippen molar-refractivity contribution >= 4 is 23.2 Å². The molecule has 3 aromatic rings. The Bertz CT molecular complexity index is 973. The van der Waals surface area contributed by atoms with Crippen LogP contribution < -0.4 is 10.6 Å². The Morgan fingerprint density at radius 1 is 1.04 bits per heavy atom. The first-order valence-electron chi connectivity index (χ1n) is 8.03. The third-order valence-corrected chi connectivity index (χ3v) is 4.04. The summed E-state index contributed by atoms with van der Waals surface area (Å²) >= 11 is 0. The highest BCUT2D eigenvalue weighted by Crippen LogP contribution is 2.19. The van der Waals surface area contributed by atoms with Gasteiger partial charge in [0.2, 0.25) is 5.95 Å². The maximum atomic E-state index is 12.4. The average molecular weight is 343 g/mol. The van der Waals surface area contributed by atoms with Gasteiger partial charge in [-0.1, -0.05) is 12.1 Å². The quantitative estimate of drug-likeness (QED) is 0.748. The fourth-order valence-electron chi connectivity index (χ4n) is 2.35. The number of hydrogen-bond donors (Lipinski definition) is 2. The summed E-state index contributed by atoms with van der Waals surface area (Å²) in [6.45, 7) is 3.96. The molecule has 0 aliphatic heterocycles. The van der Waals surface area contributed by atoms with E-state index in [1.54, 1.807) is 24.3 Å². The lowest BCUT2D eigenvalue weighted by Gasteiger charge is -2.10. The highest BCUT2D eigenvalue weighted by Gasteiger charge is 2.10. The summed E-state index contributed by atoms with van der Waals surface area (Å²) < 4.78 is 0. The number of anilines is 3. The van der Waals surface area contributed by atoms with Gasteiger partial charge in [0, 0.05) is 23.8 Å². The first-order valence-corrected chi connectivity index (χ1v) is 8.03. The first kappa shape index (κ1) is 17.1. The molecule has 0 unspecified atom stereocenters. The zero-order valence-electron chi connectivity index (χ0n) is 14.4. The average Bonchev–Trinajstić information content (AvgIpc) is 2.66. The van der Waals surface area contributed by atoms with E-state index in [0.717, 1.165) is 22.5 Å². The molecule has 2 N–H and O–H groups in total. The number of aryl methyl sites for hydroxylation is 1. The molecule has 2 aromatic carbocycles. The fourth-order valence-corrected chi connectivity index (χ4v) is 2.35. The standard InChI is InChI=1S/C20H17N5O/c1-13-4-3-5-18(14(13)2)25-19(26)16-11-22-20(23-12-16)24-17-8-6-15(10-21)7-9-17/h3-9,11-12H,1-2H3,(H,25,26)(H,22,23,24). The molecule has 3 rings (SSSR count). The minimum Gasteiger partial charge on any atom is -0.324 e. The molecule has 0 aliphatic rings. The number of nitrogens with one attached hydrogen (secondary N) is 2. The number of rotatable bonds is 4. The molecular weight excluding hydrogens is 326 g/mol. The molecule has 0 fully saturated rings. The number of amides is 1. The van der Waals surface area contributed by atoms with Gasteiger partial charge in [0.25, 0.3) is 5.91 Å². The van der Waals surface area contributed by atoms with Crippen LogP contribution in [0.3, 0.4) is 0 Å². The molecule has 0 atom stereocenters. The van der Waals surface area contributed by atoms with Crippen LogP contribution in [-0.4, -0.2) is 15.9 Å². The number of hydrogen-bond acceptors (Lipinski definition) is 5. The summed E-state index contributed by atoms with van der Waals surface area (Å²) in [6.07, 6.45) is 2.94. The van der Waals surface area contributed by atoms with Crippen molar-refractivity contribution < 1.29 is 4.79 Å². The Morgan fingerprint density at radius 3 is 2.38 bits per heavy atom. The van der Waals surface area contributed by atoms with Crippen molar-refractivity contribution in [2.75, 3.05) is 10.6 Å². The van der Waals surface area contributed by atoms with E-state index in [1.807, 2.05) is 32.0 Å². The molecule has 128 valence electrons. The Balaban J connectivity index is 1.69. The van der Waals surface area contributed by atoms with Crippen LogP contribution in [0.15, 0.2) is 54.9 Å². The molecular formula is C20H17N5O. The predicted molar refractivity (Wildman–Crippen MR) is 100 cm³/mol. The third-order valence-electron chi connectivity index (χ3n) is 4.04. The highest BCUT2D eigenvalue weighted by atomic mass is 16.1. The van der Waals surface area contributed by atoms with Crippen LogP contribution in [-0.2, 0) is 0 Å². The predicted octanol–water partition coefficient (Wildman–Crippen LogP) is 3.96. The first-order chi connectivity index (χ1) is 12.6. The maximum absolute atomic E-state index is 12.4. The number of aromatic nitrogens is 2. The van der Waals surface area contributed by atoms with Crippen molar-refractivity contribution in [3.05, 3.63) is 77.1 Å². The second kappa shape index (κ2) is 7.45. The van der Waals surface area contributed by atoms with Gasteiger partial charge in [-0.05, 0) is 55.3 Å². The Hall–Kier alpha value is -3.72. The lowest BCUT2D eigenvalue weighted by Crippen LogP contribution is -2.14. The van der Waals surface area contributed by atoms with Gasteiger partial charge in [-0.2, -0.15) is 5.26 Å². The molecule has 1 amide bonds. The van der Waals surface area contributed by atoms with Gasteiger partial charge in [-0.3, -0.25) is 4.79 Å². The number of nitriles is 1. The molecule has 0 saturated carbocycles. The maximum Gasteiger partial charge on any atom is 0.258 e. The molecule has 6 heteroatoms. The number of nitrogens with zero attached hydrogens (tertiary/aromatic N) is 3. The summed E-state index contributed by atoms with van der Waals surface area (Å²) in [5, 5.41) is 14.7. The van der Waals surface area contributed by atoms with E-state index in [1.165, 1.54) is 12.4 Å². The van der Waals surface area contributed by atoms with Crippen molar-refractivity contribution in [1.29, 1.82) is 5.26 Å². The second-order valence-corrected chi connectivity index (χ2v) is 5.81. The summed E-state index contributed by atoms with van der Waals surface area (Å²) in [6, 6.07) is 14.8. The topological polar surface area (TPSA) is 90.7 Å². The number of benzene rings is 2. The van der Waals surface area contributed by atoms with Gasteiger partial charge in [-0.15, -0.1) is 0 Å². The van der Waals surface area contributed by atoms with Crippen molar-refractivity contribution in [2.24, 2.45) is 0 Å². The van der Waals surface area contributed by atoms with Gasteiger partial charge in [0.05, 0.1) is 17.2 Å². The van der Waals surface area contributed by atoms with E-state index in [4.69, 9.17) is 5.26 Å². The smallest absolute Gasteiger partial charge is 0.258 e. The SMILES string of the molecule is Cc1cccc(NC(=O)c2cnc(Nc3ccc(C#N)cc3)nc2)c1C. The van der Waals surface area contributed by atoms with Gasteiger partial charge >= 0.3 is 0 Å². The molecule has 6 nitrogen and oxygen atoms in total. The van der Waals surface area contributed by atoms with Crippen LogP contribution in [0, 0.1) is 25.2 Å². The van der Waals surface area contributed by atoms with E-state index >= 15 is 0 Å². The fraction of sp³-hybridized carbons (Fsp3) is 0.100. The van der Waals surface area contributed by atoms with E-state index in [0.29, 0.717) is 17.1 Å². The molecule has 0 spiro atoms. The molecule has 26 heavy (non-hydrogen) atoms. The Kier molecular flexibility index (Phi) is 4.90. The minimum atomic E-state index is -0.261. The van der Waals surface area contributed by atoms with Crippen molar-refractivity contribution in [3.8, 4) is 6.07 Å². The minimum absolute atomic E-state index is 0.261. The Morgan fingerprint density at radius 2 is 1.73 bits per heavy atom. The monoisotopic (exact) mass is 343 g/mol. The van der Waals surface area contributed by atoms with Crippen molar-refractivity contribution in [3.63, 3.8) is 0 Å². The summed E-state index contributed by atoms with van der Waals surface area (Å²) in [7, 11) is 0. The molecule has 0 aliphatic carbocycles. The molecule has 0 radical (unpaired) electrons. The van der Waals surface area contributed by atoms with Crippen molar-refractivity contribution in [1.82, 2.24) is 9.97 Å². The second-order valence-electron chi connectivity index (χ2n) is 5.81. The summed E-state index contributed by atoms with van der Waals surface area (Å²) in [5.74, 6) is 0.113. The zero-order valence-corrected chi connectivity index (χ0v) is 14.4. The van der Waals surface area contributed by atoms with E-state index in [2.05, 4.69) is 26.7 Å². The number of carbonyl (C=O) groups is 1. The van der Waals surface area contributed by atoms with E-state index in [9.17, 15) is 4.79 Å². The van der Waals surface area contributed by atoms with Crippen LogP contribution in [0.5, 0.6) is 0 Å². The van der Waals surface area contributed by atoms with Crippen LogP contribution >= 0.6 is 0 Å². The summed E-state index contributed by atoms with van der Waals surface area (Å²) in [5.41, 5.74) is 4.62. The van der Waals surface area contributed by atoms with Crippen LogP contribution in [0.2, 0.25) is 0 Å². The zero-order chi connectivity index (χ0) is 18.5. The highest BCUT2D eigenvalue weighted by molar-refractivity contribution is 6.04. The van der Waals surface area contributed by atoms with Gasteiger partial charge < -0.3 is 10.6 Å². The van der Waals surface area contributed by atoms with Crippen molar-refractivity contribution in [2.45, 2.75) is 13.8 Å². The molecule has 1 aromatic heterocycles. The van der Waals surface area contributed by atoms with Gasteiger partial charge in [-0.25, -0.2) is 9.97 Å². The van der Waals surface area contributed by atoms with Crippen LogP contribution in [0.4, 0.5) is 17.3 Å². The molecule has 0 saturated heterocycles. The van der Waals surface area contributed by atoms with Crippen LogP contribution in [0.1, 0.15) is 27.0 Å². The van der Waals surface area contributed by atoms with E-state index < -0.39 is 0 Å².